The van der Waals surface area contributed by atoms with Crippen LogP contribution in [0.25, 0.3) is 5.69 Å². The summed E-state index contributed by atoms with van der Waals surface area (Å²) in [5.74, 6) is -1.26. The maximum atomic E-state index is 14.3. The number of likely N-dealkylation sites (tertiary alicyclic amines) is 1. The van der Waals surface area contributed by atoms with Gasteiger partial charge in [-0.1, -0.05) is 12.5 Å². The van der Waals surface area contributed by atoms with Crippen molar-refractivity contribution in [2.45, 2.75) is 25.8 Å². The van der Waals surface area contributed by atoms with E-state index in [2.05, 4.69) is 10.4 Å². The first-order valence-corrected chi connectivity index (χ1v) is 9.05. The minimum Gasteiger partial charge on any atom is -0.481 e. The highest BCUT2D eigenvalue weighted by atomic mass is 19.1. The van der Waals surface area contributed by atoms with Gasteiger partial charge in [-0.25, -0.2) is 13.9 Å². The van der Waals surface area contributed by atoms with Crippen molar-refractivity contribution in [3.8, 4) is 5.69 Å². The summed E-state index contributed by atoms with van der Waals surface area (Å²) in [6, 6.07) is 6.04. The number of aliphatic carboxylic acids is 1. The Morgan fingerprint density at radius 3 is 2.93 bits per heavy atom. The fourth-order valence-corrected chi connectivity index (χ4v) is 4.42. The molecule has 2 aliphatic rings. The van der Waals surface area contributed by atoms with E-state index < -0.39 is 17.2 Å². The van der Waals surface area contributed by atoms with Gasteiger partial charge in [0.05, 0.1) is 11.1 Å². The summed E-state index contributed by atoms with van der Waals surface area (Å²) >= 11 is 0. The predicted molar refractivity (Wildman–Crippen MR) is 94.7 cm³/mol. The van der Waals surface area contributed by atoms with Crippen molar-refractivity contribution in [2.75, 3.05) is 13.1 Å². The molecule has 2 amide bonds. The zero-order valence-corrected chi connectivity index (χ0v) is 14.8. The van der Waals surface area contributed by atoms with Crippen LogP contribution in [-0.4, -0.2) is 44.9 Å². The van der Waals surface area contributed by atoms with Gasteiger partial charge in [0.25, 0.3) is 0 Å². The van der Waals surface area contributed by atoms with Crippen LogP contribution in [0.4, 0.5) is 9.18 Å². The molecule has 0 unspecified atom stereocenters. The van der Waals surface area contributed by atoms with Crippen molar-refractivity contribution in [3.05, 3.63) is 48.0 Å². The van der Waals surface area contributed by atoms with Crippen molar-refractivity contribution < 1.29 is 19.1 Å². The lowest BCUT2D eigenvalue weighted by molar-refractivity contribution is -0.149. The van der Waals surface area contributed by atoms with Gasteiger partial charge >= 0.3 is 12.0 Å². The van der Waals surface area contributed by atoms with Crippen LogP contribution in [0.5, 0.6) is 0 Å². The van der Waals surface area contributed by atoms with E-state index in [1.54, 1.807) is 40.2 Å². The highest BCUT2D eigenvalue weighted by Crippen LogP contribution is 2.48. The van der Waals surface area contributed by atoms with Gasteiger partial charge in [0.1, 0.15) is 5.82 Å². The predicted octanol–water partition coefficient (Wildman–Crippen LogP) is 2.41. The molecular weight excluding hydrogens is 351 g/mol. The Labute approximate surface area is 155 Å². The number of carboxylic acid groups (broad SMARTS) is 1. The van der Waals surface area contributed by atoms with E-state index >= 15 is 0 Å². The van der Waals surface area contributed by atoms with E-state index in [0.717, 1.165) is 12.8 Å². The molecule has 0 bridgehead atoms. The Morgan fingerprint density at radius 1 is 1.37 bits per heavy atom. The molecule has 1 aliphatic heterocycles. The largest absolute Gasteiger partial charge is 0.481 e. The molecule has 27 heavy (non-hydrogen) atoms. The number of fused-ring (bicyclic) bond motifs is 1. The normalized spacial score (nSPS) is 24.0. The number of hydrogen-bond donors (Lipinski definition) is 2. The van der Waals surface area contributed by atoms with Crippen molar-refractivity contribution in [1.82, 2.24) is 20.0 Å². The lowest BCUT2D eigenvalue weighted by atomic mass is 9.81. The van der Waals surface area contributed by atoms with E-state index in [0.29, 0.717) is 24.2 Å². The number of carbonyl (C=O) groups is 2. The average Bonchev–Trinajstić information content (AvgIpc) is 3.35. The average molecular weight is 372 g/mol. The summed E-state index contributed by atoms with van der Waals surface area (Å²) in [5, 5.41) is 16.5. The summed E-state index contributed by atoms with van der Waals surface area (Å²) in [5.41, 5.74) is 0.0673. The Kier molecular flexibility index (Phi) is 4.33. The monoisotopic (exact) mass is 372 g/mol. The van der Waals surface area contributed by atoms with Crippen LogP contribution in [0.3, 0.4) is 0 Å². The first-order valence-electron chi connectivity index (χ1n) is 9.05. The van der Waals surface area contributed by atoms with Gasteiger partial charge in [0.2, 0.25) is 0 Å². The number of amides is 2. The molecule has 1 aromatic carbocycles. The molecule has 8 heteroatoms. The SMILES string of the molecule is O=C(NCc1c(F)cccc1-n1cccn1)N1C[C@@H]2CCC[C@@]2(C(=O)O)C1. The van der Waals surface area contributed by atoms with Crippen molar-refractivity contribution in [1.29, 1.82) is 0 Å². The standard InChI is InChI=1S/C19H21FN4O3/c20-15-5-1-6-16(24-9-3-8-22-24)14(15)10-21-18(27)23-11-13-4-2-7-19(13,12-23)17(25)26/h1,3,5-6,8-9,13H,2,4,7,10-12H2,(H,21,27)(H,25,26)/t13-,19+/m0/s1. The maximum absolute atomic E-state index is 14.3. The van der Waals surface area contributed by atoms with Crippen LogP contribution in [-0.2, 0) is 11.3 Å². The zero-order chi connectivity index (χ0) is 19.0. The topological polar surface area (TPSA) is 87.5 Å². The fourth-order valence-electron chi connectivity index (χ4n) is 4.42. The Morgan fingerprint density at radius 2 is 2.22 bits per heavy atom. The summed E-state index contributed by atoms with van der Waals surface area (Å²) in [4.78, 5) is 25.9. The second kappa shape index (κ2) is 6.68. The molecule has 2 heterocycles. The van der Waals surface area contributed by atoms with E-state index in [1.165, 1.54) is 6.07 Å². The molecule has 2 N–H and O–H groups in total. The van der Waals surface area contributed by atoms with Crippen LogP contribution in [0.2, 0.25) is 0 Å². The van der Waals surface area contributed by atoms with Gasteiger partial charge in [-0.2, -0.15) is 5.10 Å². The molecule has 1 aromatic heterocycles. The summed E-state index contributed by atoms with van der Waals surface area (Å²) < 4.78 is 15.9. The first-order chi connectivity index (χ1) is 13.0. The molecule has 1 saturated carbocycles. The Bertz CT molecular complexity index is 870. The van der Waals surface area contributed by atoms with Gasteiger partial charge in [0.15, 0.2) is 0 Å². The number of urea groups is 1. The lowest BCUT2D eigenvalue weighted by Gasteiger charge is -2.23. The van der Waals surface area contributed by atoms with Gasteiger partial charge in [-0.15, -0.1) is 0 Å². The van der Waals surface area contributed by atoms with E-state index in [4.69, 9.17) is 0 Å². The van der Waals surface area contributed by atoms with E-state index in [-0.39, 0.29) is 25.0 Å². The Hall–Kier alpha value is -2.90. The number of benzene rings is 1. The molecule has 2 atom stereocenters. The molecular formula is C19H21FN4O3. The number of aromatic nitrogens is 2. The second-order valence-electron chi connectivity index (χ2n) is 7.28. The van der Waals surface area contributed by atoms with E-state index in [9.17, 15) is 19.1 Å². The highest BCUT2D eigenvalue weighted by Gasteiger charge is 2.55. The third-order valence-corrected chi connectivity index (χ3v) is 5.85. The molecule has 4 rings (SSSR count). The molecule has 0 spiro atoms. The minimum atomic E-state index is -0.824. The Balaban J connectivity index is 1.48. The van der Waals surface area contributed by atoms with Gasteiger partial charge < -0.3 is 15.3 Å². The maximum Gasteiger partial charge on any atom is 0.317 e. The minimum absolute atomic E-state index is 0.00192. The number of halogens is 1. The van der Waals surface area contributed by atoms with Crippen LogP contribution in [0, 0.1) is 17.2 Å². The van der Waals surface area contributed by atoms with Crippen LogP contribution in [0.1, 0.15) is 24.8 Å². The number of nitrogens with zero attached hydrogens (tertiary/aromatic N) is 3. The van der Waals surface area contributed by atoms with Gasteiger partial charge in [-0.3, -0.25) is 4.79 Å². The third-order valence-electron chi connectivity index (χ3n) is 5.85. The summed E-state index contributed by atoms with van der Waals surface area (Å²) in [7, 11) is 0. The smallest absolute Gasteiger partial charge is 0.317 e. The quantitative estimate of drug-likeness (QED) is 0.863. The van der Waals surface area contributed by atoms with Crippen molar-refractivity contribution >= 4 is 12.0 Å². The number of carboxylic acids is 1. The van der Waals surface area contributed by atoms with Gasteiger partial charge in [-0.05, 0) is 37.0 Å². The molecule has 2 aromatic rings. The van der Waals surface area contributed by atoms with Crippen LogP contribution >= 0.6 is 0 Å². The number of carbonyl (C=O) groups excluding carboxylic acids is 1. The molecule has 1 aliphatic carbocycles. The lowest BCUT2D eigenvalue weighted by Crippen LogP contribution is -2.41. The third kappa shape index (κ3) is 2.94. The number of rotatable bonds is 4. The number of nitrogens with one attached hydrogen (secondary N) is 1. The summed E-state index contributed by atoms with van der Waals surface area (Å²) in [6.07, 6.45) is 5.62. The summed E-state index contributed by atoms with van der Waals surface area (Å²) in [6.45, 7) is 0.644. The molecule has 2 fully saturated rings. The second-order valence-corrected chi connectivity index (χ2v) is 7.28. The van der Waals surface area contributed by atoms with Gasteiger partial charge in [0, 0.05) is 37.6 Å². The fraction of sp³-hybridized carbons (Fsp3) is 0.421. The molecule has 7 nitrogen and oxygen atoms in total. The first kappa shape index (κ1) is 17.5. The highest BCUT2D eigenvalue weighted by molar-refractivity contribution is 5.80. The number of hydrogen-bond acceptors (Lipinski definition) is 3. The van der Waals surface area contributed by atoms with Crippen molar-refractivity contribution in [3.63, 3.8) is 0 Å². The molecule has 142 valence electrons. The van der Waals surface area contributed by atoms with Crippen LogP contribution in [0.15, 0.2) is 36.7 Å². The molecule has 0 radical (unpaired) electrons. The van der Waals surface area contributed by atoms with Crippen molar-refractivity contribution in [2.24, 2.45) is 11.3 Å². The van der Waals surface area contributed by atoms with Crippen LogP contribution < -0.4 is 5.32 Å². The van der Waals surface area contributed by atoms with E-state index in [1.807, 2.05) is 0 Å². The molecule has 1 saturated heterocycles. The zero-order valence-electron chi connectivity index (χ0n) is 14.8.